The average molecular weight is 262 g/mol. The third-order valence-corrected chi connectivity index (χ3v) is 2.15. The molecular weight excluding hydrogens is 244 g/mol. The fourth-order valence-electron chi connectivity index (χ4n) is 1.35. The third kappa shape index (κ3) is 4.43. The Morgan fingerprint density at radius 3 is 1.12 bits per heavy atom. The average Bonchev–Trinajstić information content (AvgIpc) is 2.32. The molecule has 2 rings (SSSR count). The van der Waals surface area contributed by atoms with Gasteiger partial charge in [0.25, 0.3) is 0 Å². The minimum absolute atomic E-state index is 0.782. The highest BCUT2D eigenvalue weighted by Crippen LogP contribution is 2.21. The Balaban J connectivity index is 0.000000437. The van der Waals surface area contributed by atoms with Gasteiger partial charge in [-0.2, -0.15) is 0 Å². The molecule has 0 saturated heterocycles. The first-order chi connectivity index (χ1) is 8.17. The first kappa shape index (κ1) is 13.5. The SMILES string of the molecule is Nc1ccc(-c2ccc(N)cc2)cc1.[SiH3]O[SiH3]. The Kier molecular flexibility index (Phi) is 5.48. The van der Waals surface area contributed by atoms with Crippen LogP contribution < -0.4 is 11.5 Å². The lowest BCUT2D eigenvalue weighted by molar-refractivity contribution is 0.690. The predicted molar refractivity (Wildman–Crippen MR) is 81.7 cm³/mol. The van der Waals surface area contributed by atoms with Crippen molar-refractivity contribution in [2.45, 2.75) is 0 Å². The van der Waals surface area contributed by atoms with Crippen LogP contribution in [0.1, 0.15) is 0 Å². The summed E-state index contributed by atoms with van der Waals surface area (Å²) in [6, 6.07) is 15.6. The third-order valence-electron chi connectivity index (χ3n) is 2.15. The number of rotatable bonds is 1. The smallest absolute Gasteiger partial charge is 0.129 e. The minimum atomic E-state index is 0.782. The zero-order valence-electron chi connectivity index (χ0n) is 10.2. The van der Waals surface area contributed by atoms with Gasteiger partial charge in [-0.25, -0.2) is 0 Å². The molecule has 90 valence electrons. The van der Waals surface area contributed by atoms with E-state index in [2.05, 4.69) is 4.12 Å². The summed E-state index contributed by atoms with van der Waals surface area (Å²) in [7, 11) is 1.86. The molecule has 0 bridgehead atoms. The number of anilines is 2. The van der Waals surface area contributed by atoms with Crippen molar-refractivity contribution in [2.24, 2.45) is 0 Å². The van der Waals surface area contributed by atoms with Gasteiger partial charge in [-0.1, -0.05) is 24.3 Å². The van der Waals surface area contributed by atoms with Gasteiger partial charge in [-0.3, -0.25) is 0 Å². The maximum atomic E-state index is 5.61. The first-order valence-electron chi connectivity index (χ1n) is 5.29. The summed E-state index contributed by atoms with van der Waals surface area (Å²) in [4.78, 5) is 0. The Hall–Kier alpha value is -1.57. The van der Waals surface area contributed by atoms with E-state index >= 15 is 0 Å². The zero-order chi connectivity index (χ0) is 12.7. The molecule has 0 radical (unpaired) electrons. The molecular formula is C12H18N2OSi2. The van der Waals surface area contributed by atoms with Gasteiger partial charge in [0, 0.05) is 11.4 Å². The van der Waals surface area contributed by atoms with Crippen LogP contribution in [0.15, 0.2) is 48.5 Å². The van der Waals surface area contributed by atoms with E-state index < -0.39 is 0 Å². The van der Waals surface area contributed by atoms with Crippen molar-refractivity contribution in [1.82, 2.24) is 0 Å². The Bertz CT molecular complexity index is 400. The molecule has 2 aromatic carbocycles. The molecule has 3 nitrogen and oxygen atoms in total. The van der Waals surface area contributed by atoms with Crippen molar-refractivity contribution in [3.8, 4) is 11.1 Å². The van der Waals surface area contributed by atoms with E-state index in [0.717, 1.165) is 43.5 Å². The van der Waals surface area contributed by atoms with E-state index in [0.29, 0.717) is 0 Å². The maximum Gasteiger partial charge on any atom is 0.129 e. The van der Waals surface area contributed by atoms with Crippen LogP contribution in [-0.4, -0.2) is 21.0 Å². The molecule has 5 heteroatoms. The number of benzene rings is 2. The van der Waals surface area contributed by atoms with E-state index in [4.69, 9.17) is 11.5 Å². The second-order valence-electron chi connectivity index (χ2n) is 3.65. The quantitative estimate of drug-likeness (QED) is 0.565. The van der Waals surface area contributed by atoms with Crippen molar-refractivity contribution in [1.29, 1.82) is 0 Å². The Labute approximate surface area is 108 Å². The van der Waals surface area contributed by atoms with Crippen LogP contribution in [0, 0.1) is 0 Å². The molecule has 0 atom stereocenters. The van der Waals surface area contributed by atoms with Gasteiger partial charge in [0.05, 0.1) is 0 Å². The monoisotopic (exact) mass is 262 g/mol. The molecule has 2 aromatic rings. The molecule has 0 aliphatic heterocycles. The standard InChI is InChI=1S/C12H12N2.H6OSi2/c13-11-5-1-9(2-6-11)10-3-7-12(14)8-4-10;2-1-3/h1-8H,13-14H2;2-3H3. The molecule has 0 spiro atoms. The molecule has 4 N–H and O–H groups in total. The summed E-state index contributed by atoms with van der Waals surface area (Å²) >= 11 is 0. The lowest BCUT2D eigenvalue weighted by atomic mass is 10.1. The molecule has 0 saturated carbocycles. The van der Waals surface area contributed by atoms with Gasteiger partial charge in [0.15, 0.2) is 0 Å². The largest absolute Gasteiger partial charge is 0.471 e. The molecule has 0 aliphatic rings. The molecule has 0 unspecified atom stereocenters. The van der Waals surface area contributed by atoms with Crippen LogP contribution in [0.3, 0.4) is 0 Å². The van der Waals surface area contributed by atoms with Gasteiger partial charge in [0.2, 0.25) is 0 Å². The van der Waals surface area contributed by atoms with Crippen LogP contribution in [0.25, 0.3) is 11.1 Å². The molecule has 0 aliphatic carbocycles. The normalized spacial score (nSPS) is 9.65. The van der Waals surface area contributed by atoms with Gasteiger partial charge >= 0.3 is 0 Å². The Morgan fingerprint density at radius 1 is 0.647 bits per heavy atom. The maximum absolute atomic E-state index is 5.61. The van der Waals surface area contributed by atoms with E-state index in [1.54, 1.807) is 0 Å². The van der Waals surface area contributed by atoms with Crippen molar-refractivity contribution in [2.75, 3.05) is 11.5 Å². The van der Waals surface area contributed by atoms with E-state index in [-0.39, 0.29) is 0 Å². The molecule has 0 heterocycles. The fourth-order valence-corrected chi connectivity index (χ4v) is 1.35. The number of nitrogens with two attached hydrogens (primary N) is 2. The highest BCUT2D eigenvalue weighted by molar-refractivity contribution is 6.15. The van der Waals surface area contributed by atoms with Gasteiger partial charge in [-0.15, -0.1) is 0 Å². The van der Waals surface area contributed by atoms with Crippen molar-refractivity contribution < 1.29 is 4.12 Å². The summed E-state index contributed by atoms with van der Waals surface area (Å²) in [5.74, 6) is 0. The van der Waals surface area contributed by atoms with Crippen LogP contribution in [-0.2, 0) is 4.12 Å². The summed E-state index contributed by atoms with van der Waals surface area (Å²) in [6.45, 7) is 0. The fraction of sp³-hybridized carbons (Fsp3) is 0. The molecule has 0 aromatic heterocycles. The minimum Gasteiger partial charge on any atom is -0.471 e. The molecule has 0 fully saturated rings. The van der Waals surface area contributed by atoms with Gasteiger partial charge < -0.3 is 15.6 Å². The molecule has 0 amide bonds. The van der Waals surface area contributed by atoms with Crippen LogP contribution in [0.4, 0.5) is 11.4 Å². The van der Waals surface area contributed by atoms with Crippen molar-refractivity contribution >= 4 is 32.3 Å². The molecule has 17 heavy (non-hydrogen) atoms. The number of hydrogen-bond donors (Lipinski definition) is 2. The van der Waals surface area contributed by atoms with E-state index in [1.165, 1.54) is 0 Å². The van der Waals surface area contributed by atoms with Crippen molar-refractivity contribution in [3.63, 3.8) is 0 Å². The van der Waals surface area contributed by atoms with Crippen LogP contribution >= 0.6 is 0 Å². The second kappa shape index (κ2) is 6.90. The zero-order valence-corrected chi connectivity index (χ0v) is 14.2. The summed E-state index contributed by atoms with van der Waals surface area (Å²) in [5, 5.41) is 0. The van der Waals surface area contributed by atoms with Gasteiger partial charge in [-0.05, 0) is 35.4 Å². The number of hydrogen-bond acceptors (Lipinski definition) is 3. The predicted octanol–water partition coefficient (Wildman–Crippen LogP) is 0.0818. The van der Waals surface area contributed by atoms with Crippen LogP contribution in [0.5, 0.6) is 0 Å². The summed E-state index contributed by atoms with van der Waals surface area (Å²) in [6.07, 6.45) is 0. The van der Waals surface area contributed by atoms with E-state index in [1.807, 2.05) is 48.5 Å². The van der Waals surface area contributed by atoms with Crippen LogP contribution in [0.2, 0.25) is 0 Å². The summed E-state index contributed by atoms with van der Waals surface area (Å²) in [5.41, 5.74) is 15.1. The Morgan fingerprint density at radius 2 is 0.882 bits per heavy atom. The summed E-state index contributed by atoms with van der Waals surface area (Å²) < 4.78 is 4.53. The first-order valence-corrected chi connectivity index (χ1v) is 6.92. The lowest BCUT2D eigenvalue weighted by Crippen LogP contribution is -1.85. The van der Waals surface area contributed by atoms with Gasteiger partial charge in [0.1, 0.15) is 21.0 Å². The number of nitrogen functional groups attached to an aromatic ring is 2. The topological polar surface area (TPSA) is 61.3 Å². The van der Waals surface area contributed by atoms with Crippen molar-refractivity contribution in [3.05, 3.63) is 48.5 Å². The lowest BCUT2D eigenvalue weighted by Gasteiger charge is -2.02. The van der Waals surface area contributed by atoms with E-state index in [9.17, 15) is 0 Å². The highest BCUT2D eigenvalue weighted by atomic mass is 28.3. The second-order valence-corrected chi connectivity index (χ2v) is 6.92. The highest BCUT2D eigenvalue weighted by Gasteiger charge is 1.95.